The van der Waals surface area contributed by atoms with Gasteiger partial charge in [-0.25, -0.2) is 0 Å². The number of aliphatic hydroxyl groups excluding tert-OH is 1. The summed E-state index contributed by atoms with van der Waals surface area (Å²) in [5.74, 6) is -0.634. The van der Waals surface area contributed by atoms with Gasteiger partial charge in [0, 0.05) is 12.8 Å². The molecule has 0 rings (SSSR count). The Morgan fingerprint density at radius 2 is 0.729 bits per heavy atom. The number of hydrogen-bond acceptors (Lipinski definition) is 5. The van der Waals surface area contributed by atoms with Crippen molar-refractivity contribution < 1.29 is 24.2 Å². The molecule has 0 fully saturated rings. The Balaban J connectivity index is 3.68. The molecule has 0 aliphatic carbocycles. The van der Waals surface area contributed by atoms with Crippen LogP contribution in [0.15, 0.2) is 109 Å². The van der Waals surface area contributed by atoms with E-state index in [0.29, 0.717) is 12.8 Å². The number of allylic oxidation sites excluding steroid dienone is 18. The monoisotopic (exact) mass is 817 g/mol. The van der Waals surface area contributed by atoms with Crippen LogP contribution in [0.4, 0.5) is 0 Å². The van der Waals surface area contributed by atoms with Gasteiger partial charge in [-0.15, -0.1) is 0 Å². The maximum absolute atomic E-state index is 12.2. The van der Waals surface area contributed by atoms with E-state index < -0.39 is 6.10 Å². The fourth-order valence-electron chi connectivity index (χ4n) is 6.25. The number of hydrogen-bond donors (Lipinski definition) is 1. The van der Waals surface area contributed by atoms with Crippen molar-refractivity contribution in [3.8, 4) is 0 Å². The third-order valence-electron chi connectivity index (χ3n) is 9.83. The molecule has 0 amide bonds. The number of aliphatic hydroxyl groups is 1. The lowest BCUT2D eigenvalue weighted by molar-refractivity contribution is -0.161. The maximum atomic E-state index is 12.2. The molecule has 0 aliphatic heterocycles. The summed E-state index contributed by atoms with van der Waals surface area (Å²) >= 11 is 0. The number of ether oxygens (including phenoxy) is 2. The predicted octanol–water partition coefficient (Wildman–Crippen LogP) is 15.8. The van der Waals surface area contributed by atoms with Crippen molar-refractivity contribution >= 4 is 11.9 Å². The molecule has 0 spiro atoms. The van der Waals surface area contributed by atoms with Crippen molar-refractivity contribution in [2.45, 2.75) is 206 Å². The van der Waals surface area contributed by atoms with Crippen molar-refractivity contribution in [2.75, 3.05) is 13.2 Å². The number of unbranched alkanes of at least 4 members (excludes halogenated alkanes) is 16. The lowest BCUT2D eigenvalue weighted by atomic mass is 10.0. The number of esters is 2. The molecule has 1 atom stereocenters. The normalized spacial score (nSPS) is 13.2. The van der Waals surface area contributed by atoms with Crippen molar-refractivity contribution in [3.05, 3.63) is 109 Å². The minimum Gasteiger partial charge on any atom is -0.462 e. The summed E-state index contributed by atoms with van der Waals surface area (Å²) in [6.07, 6.45) is 70.3. The van der Waals surface area contributed by atoms with Gasteiger partial charge in [0.25, 0.3) is 0 Å². The summed E-state index contributed by atoms with van der Waals surface area (Å²) in [6, 6.07) is 0. The topological polar surface area (TPSA) is 72.8 Å². The molecular formula is C54H88O5. The molecular weight excluding hydrogens is 729 g/mol. The molecule has 0 saturated carbocycles. The highest BCUT2D eigenvalue weighted by molar-refractivity contribution is 5.70. The van der Waals surface area contributed by atoms with Gasteiger partial charge in [-0.1, -0.05) is 213 Å². The second-order valence-corrected chi connectivity index (χ2v) is 15.5. The van der Waals surface area contributed by atoms with Crippen LogP contribution in [0.5, 0.6) is 0 Å². The van der Waals surface area contributed by atoms with Gasteiger partial charge >= 0.3 is 11.9 Å². The van der Waals surface area contributed by atoms with E-state index in [-0.39, 0.29) is 25.2 Å². The highest BCUT2D eigenvalue weighted by Crippen LogP contribution is 2.14. The van der Waals surface area contributed by atoms with E-state index in [0.717, 1.165) is 103 Å². The van der Waals surface area contributed by atoms with Crippen LogP contribution < -0.4 is 0 Å². The van der Waals surface area contributed by atoms with E-state index >= 15 is 0 Å². The standard InChI is InChI=1S/C54H88O5/c1-3-5-7-9-11-13-15-17-19-20-21-22-23-24-25-26-27-28-29-30-31-32-33-34-35-37-39-41-43-45-47-49-54(57)59-52(50-55)51-58-53(56)48-46-44-42-40-38-36-18-16-14-12-10-8-6-4-2/h5,7,11,13,17,19,21-22,24-25,27-28,30-31,33-34,37,39,52,55H,3-4,6,8-10,12,14-16,18,20,23,26,29,32,35-36,38,40-51H2,1-2H3/b7-5-,13-11-,19-17-,22-21-,25-24-,28-27-,31-30-,34-33-,39-37-. The largest absolute Gasteiger partial charge is 0.462 e. The van der Waals surface area contributed by atoms with Crippen molar-refractivity contribution in [2.24, 2.45) is 0 Å². The smallest absolute Gasteiger partial charge is 0.306 e. The Bertz CT molecular complexity index is 1200. The molecule has 1 N–H and O–H groups in total. The molecule has 0 aromatic rings. The van der Waals surface area contributed by atoms with E-state index in [2.05, 4.69) is 123 Å². The van der Waals surface area contributed by atoms with Gasteiger partial charge in [-0.3, -0.25) is 9.59 Å². The Morgan fingerprint density at radius 3 is 1.10 bits per heavy atom. The lowest BCUT2D eigenvalue weighted by Gasteiger charge is -2.15. The van der Waals surface area contributed by atoms with Crippen LogP contribution in [0, 0.1) is 0 Å². The van der Waals surface area contributed by atoms with E-state index in [1.54, 1.807) is 0 Å². The summed E-state index contributed by atoms with van der Waals surface area (Å²) in [5, 5.41) is 9.59. The minimum atomic E-state index is -0.795. The van der Waals surface area contributed by atoms with Crippen LogP contribution in [0.2, 0.25) is 0 Å². The quantitative estimate of drug-likeness (QED) is 0.0377. The average molecular weight is 817 g/mol. The number of rotatable bonds is 42. The SMILES string of the molecule is CC/C=C\C/C=C\C/C=C\C/C=C\C/C=C\C/C=C\C/C=C\C/C=C\C/C=C\CCCCCC(=O)OC(CO)COC(=O)CCCCCCCCCCCCCCCC. The van der Waals surface area contributed by atoms with Gasteiger partial charge in [-0.05, 0) is 83.5 Å². The summed E-state index contributed by atoms with van der Waals surface area (Å²) in [6.45, 7) is 3.99. The fraction of sp³-hybridized carbons (Fsp3) is 0.630. The van der Waals surface area contributed by atoms with E-state index in [9.17, 15) is 14.7 Å². The molecule has 0 aliphatic rings. The van der Waals surface area contributed by atoms with Gasteiger partial charge in [0.1, 0.15) is 6.61 Å². The van der Waals surface area contributed by atoms with E-state index in [1.165, 1.54) is 70.6 Å². The molecule has 334 valence electrons. The zero-order valence-corrected chi connectivity index (χ0v) is 38.0. The van der Waals surface area contributed by atoms with Crippen LogP contribution in [-0.4, -0.2) is 36.4 Å². The molecule has 5 nitrogen and oxygen atoms in total. The van der Waals surface area contributed by atoms with Crippen LogP contribution in [0.3, 0.4) is 0 Å². The Labute approximate surface area is 363 Å². The molecule has 0 radical (unpaired) electrons. The first kappa shape index (κ1) is 55.6. The van der Waals surface area contributed by atoms with Gasteiger partial charge in [-0.2, -0.15) is 0 Å². The highest BCUT2D eigenvalue weighted by atomic mass is 16.6. The second kappa shape index (κ2) is 48.9. The van der Waals surface area contributed by atoms with Gasteiger partial charge in [0.15, 0.2) is 6.10 Å². The molecule has 0 aromatic heterocycles. The summed E-state index contributed by atoms with van der Waals surface area (Å²) in [4.78, 5) is 24.3. The molecule has 59 heavy (non-hydrogen) atoms. The third-order valence-corrected chi connectivity index (χ3v) is 9.83. The zero-order chi connectivity index (χ0) is 42.8. The third kappa shape index (κ3) is 47.1. The van der Waals surface area contributed by atoms with Gasteiger partial charge in [0.2, 0.25) is 0 Å². The number of carbonyl (C=O) groups excluding carboxylic acids is 2. The van der Waals surface area contributed by atoms with Crippen LogP contribution in [0.1, 0.15) is 200 Å². The average Bonchev–Trinajstić information content (AvgIpc) is 3.24. The summed E-state index contributed by atoms with van der Waals surface area (Å²) in [7, 11) is 0. The molecule has 0 aromatic carbocycles. The maximum Gasteiger partial charge on any atom is 0.306 e. The first-order valence-corrected chi connectivity index (χ1v) is 23.9. The molecule has 0 heterocycles. The fourth-order valence-corrected chi connectivity index (χ4v) is 6.25. The first-order valence-electron chi connectivity index (χ1n) is 23.9. The Morgan fingerprint density at radius 1 is 0.407 bits per heavy atom. The van der Waals surface area contributed by atoms with Gasteiger partial charge in [0.05, 0.1) is 6.61 Å². The van der Waals surface area contributed by atoms with Crippen molar-refractivity contribution in [3.63, 3.8) is 0 Å². The van der Waals surface area contributed by atoms with Crippen LogP contribution in [-0.2, 0) is 19.1 Å². The van der Waals surface area contributed by atoms with Gasteiger partial charge < -0.3 is 14.6 Å². The van der Waals surface area contributed by atoms with Crippen LogP contribution >= 0.6 is 0 Å². The molecule has 0 saturated heterocycles. The highest BCUT2D eigenvalue weighted by Gasteiger charge is 2.16. The lowest BCUT2D eigenvalue weighted by Crippen LogP contribution is -2.28. The molecule has 0 bridgehead atoms. The summed E-state index contributed by atoms with van der Waals surface area (Å²) < 4.78 is 10.6. The first-order chi connectivity index (χ1) is 29.1. The van der Waals surface area contributed by atoms with E-state index in [4.69, 9.17) is 9.47 Å². The predicted molar refractivity (Wildman–Crippen MR) is 255 cm³/mol. The van der Waals surface area contributed by atoms with E-state index in [1.807, 2.05) is 0 Å². The van der Waals surface area contributed by atoms with Crippen LogP contribution in [0.25, 0.3) is 0 Å². The minimum absolute atomic E-state index is 0.0838. The Kier molecular flexibility index (Phi) is 46.1. The summed E-state index contributed by atoms with van der Waals surface area (Å²) in [5.41, 5.74) is 0. The second-order valence-electron chi connectivity index (χ2n) is 15.5. The molecule has 1 unspecified atom stereocenters. The molecule has 5 heteroatoms. The van der Waals surface area contributed by atoms with Crippen molar-refractivity contribution in [1.29, 1.82) is 0 Å². The zero-order valence-electron chi connectivity index (χ0n) is 38.0. The Hall–Kier alpha value is -3.44. The number of carbonyl (C=O) groups is 2. The van der Waals surface area contributed by atoms with Crippen molar-refractivity contribution in [1.82, 2.24) is 0 Å².